The molecule has 0 unspecified atom stereocenters. The van der Waals surface area contributed by atoms with E-state index in [-0.39, 0.29) is 36.3 Å². The molecule has 0 radical (unpaired) electrons. The molecule has 0 saturated heterocycles. The number of ether oxygens (including phenoxy) is 1. The Balaban J connectivity index is 1.36. The molecule has 0 atom stereocenters. The van der Waals surface area contributed by atoms with Crippen molar-refractivity contribution in [2.45, 2.75) is 12.8 Å². The van der Waals surface area contributed by atoms with E-state index in [1.807, 2.05) is 0 Å². The highest BCUT2D eigenvalue weighted by Gasteiger charge is 2.34. The Morgan fingerprint density at radius 1 is 0.829 bits per heavy atom. The standard InChI is InChI=1S/C27H18ClNO6/c28-20-12-5-3-10-18(20)24-25(23(31)19-11-4-6-13-21(19)34-24)35-22(30)14-7-15-29-26(32)16-8-1-2-9-17(16)27(29)33/h1-6,8-13H,7,14-15H2. The lowest BCUT2D eigenvalue weighted by molar-refractivity contribution is -0.134. The third-order valence-corrected chi connectivity index (χ3v) is 6.06. The monoisotopic (exact) mass is 487 g/mol. The second kappa shape index (κ2) is 9.19. The summed E-state index contributed by atoms with van der Waals surface area (Å²) in [7, 11) is 0. The van der Waals surface area contributed by atoms with Gasteiger partial charge in [-0.05, 0) is 42.8 Å². The first kappa shape index (κ1) is 22.6. The zero-order valence-corrected chi connectivity index (χ0v) is 19.1. The van der Waals surface area contributed by atoms with Crippen LogP contribution in [0.1, 0.15) is 33.6 Å². The average Bonchev–Trinajstić information content (AvgIpc) is 3.11. The van der Waals surface area contributed by atoms with E-state index < -0.39 is 23.2 Å². The Kier molecular flexibility index (Phi) is 5.93. The van der Waals surface area contributed by atoms with Crippen LogP contribution in [0.3, 0.4) is 0 Å². The number of benzene rings is 3. The lowest BCUT2D eigenvalue weighted by Gasteiger charge is -2.14. The number of hydrogen-bond acceptors (Lipinski definition) is 6. The van der Waals surface area contributed by atoms with Crippen LogP contribution in [0, 0.1) is 0 Å². The molecule has 174 valence electrons. The summed E-state index contributed by atoms with van der Waals surface area (Å²) in [5, 5.41) is 0.589. The maximum absolute atomic E-state index is 13.2. The molecule has 1 aliphatic heterocycles. The molecule has 0 bridgehead atoms. The predicted octanol–water partition coefficient (Wildman–Crippen LogP) is 5.10. The minimum atomic E-state index is -0.697. The van der Waals surface area contributed by atoms with Gasteiger partial charge in [-0.3, -0.25) is 24.1 Å². The summed E-state index contributed by atoms with van der Waals surface area (Å²) < 4.78 is 11.4. The molecule has 0 aliphatic carbocycles. The maximum atomic E-state index is 13.2. The van der Waals surface area contributed by atoms with Gasteiger partial charge in [-0.25, -0.2) is 0 Å². The van der Waals surface area contributed by atoms with Gasteiger partial charge in [-0.1, -0.05) is 48.0 Å². The lowest BCUT2D eigenvalue weighted by Crippen LogP contribution is -2.31. The smallest absolute Gasteiger partial charge is 0.311 e. The normalized spacial score (nSPS) is 12.8. The molecular formula is C27H18ClNO6. The number of carbonyl (C=O) groups excluding carboxylic acids is 3. The number of fused-ring (bicyclic) bond motifs is 2. The molecule has 1 aromatic heterocycles. The first-order valence-electron chi connectivity index (χ1n) is 10.9. The third-order valence-electron chi connectivity index (χ3n) is 5.73. The molecule has 7 nitrogen and oxygen atoms in total. The summed E-state index contributed by atoms with van der Waals surface area (Å²) in [6.45, 7) is 0.0468. The van der Waals surface area contributed by atoms with Crippen molar-refractivity contribution in [1.29, 1.82) is 0 Å². The first-order chi connectivity index (χ1) is 17.0. The number of carbonyl (C=O) groups is 3. The molecule has 0 N–H and O–H groups in total. The Bertz CT molecular complexity index is 1520. The Hall–Kier alpha value is -4.23. The van der Waals surface area contributed by atoms with Crippen LogP contribution >= 0.6 is 11.6 Å². The van der Waals surface area contributed by atoms with E-state index >= 15 is 0 Å². The van der Waals surface area contributed by atoms with Crippen LogP contribution in [-0.2, 0) is 4.79 Å². The first-order valence-corrected chi connectivity index (χ1v) is 11.3. The van der Waals surface area contributed by atoms with Crippen LogP contribution in [-0.4, -0.2) is 29.2 Å². The molecule has 5 rings (SSSR count). The summed E-state index contributed by atoms with van der Waals surface area (Å²) >= 11 is 6.32. The van der Waals surface area contributed by atoms with Crippen molar-refractivity contribution in [3.8, 4) is 17.1 Å². The van der Waals surface area contributed by atoms with Crippen molar-refractivity contribution in [3.05, 3.63) is 99.2 Å². The molecule has 0 saturated carbocycles. The topological polar surface area (TPSA) is 93.9 Å². The van der Waals surface area contributed by atoms with Gasteiger partial charge >= 0.3 is 5.97 Å². The van der Waals surface area contributed by atoms with Gasteiger partial charge in [0.2, 0.25) is 11.2 Å². The molecule has 0 fully saturated rings. The van der Waals surface area contributed by atoms with Crippen molar-refractivity contribution in [1.82, 2.24) is 4.90 Å². The summed E-state index contributed by atoms with van der Waals surface area (Å²) in [4.78, 5) is 52.0. The second-order valence-corrected chi connectivity index (χ2v) is 8.36. The fourth-order valence-electron chi connectivity index (χ4n) is 4.03. The molecule has 8 heteroatoms. The number of para-hydroxylation sites is 1. The van der Waals surface area contributed by atoms with Gasteiger partial charge in [0.15, 0.2) is 5.76 Å². The van der Waals surface area contributed by atoms with Crippen LogP contribution in [0.4, 0.5) is 0 Å². The van der Waals surface area contributed by atoms with E-state index in [1.54, 1.807) is 72.8 Å². The van der Waals surface area contributed by atoms with E-state index in [4.69, 9.17) is 20.8 Å². The fraction of sp³-hybridized carbons (Fsp3) is 0.111. The zero-order valence-electron chi connectivity index (χ0n) is 18.3. The molecule has 2 heterocycles. The van der Waals surface area contributed by atoms with Crippen LogP contribution < -0.4 is 10.2 Å². The molecule has 1 aliphatic rings. The van der Waals surface area contributed by atoms with E-state index in [0.717, 1.165) is 4.90 Å². The van der Waals surface area contributed by atoms with Gasteiger partial charge in [-0.2, -0.15) is 0 Å². The highest BCUT2D eigenvalue weighted by molar-refractivity contribution is 6.33. The van der Waals surface area contributed by atoms with Gasteiger partial charge in [-0.15, -0.1) is 0 Å². The highest BCUT2D eigenvalue weighted by atomic mass is 35.5. The maximum Gasteiger partial charge on any atom is 0.311 e. The number of esters is 1. The summed E-state index contributed by atoms with van der Waals surface area (Å²) in [6, 6.07) is 20.0. The summed E-state index contributed by atoms with van der Waals surface area (Å²) in [6.07, 6.45) is 0.0479. The number of halogens is 1. The van der Waals surface area contributed by atoms with Crippen LogP contribution in [0.25, 0.3) is 22.3 Å². The van der Waals surface area contributed by atoms with Gasteiger partial charge in [0.25, 0.3) is 11.8 Å². The van der Waals surface area contributed by atoms with Crippen molar-refractivity contribution in [2.24, 2.45) is 0 Å². The Morgan fingerprint density at radius 3 is 2.11 bits per heavy atom. The van der Waals surface area contributed by atoms with E-state index in [9.17, 15) is 19.2 Å². The van der Waals surface area contributed by atoms with Crippen LogP contribution in [0.5, 0.6) is 5.75 Å². The quantitative estimate of drug-likeness (QED) is 0.277. The van der Waals surface area contributed by atoms with Crippen molar-refractivity contribution >= 4 is 40.4 Å². The molecule has 4 aromatic rings. The van der Waals surface area contributed by atoms with E-state index in [1.165, 1.54) is 0 Å². The number of hydrogen-bond donors (Lipinski definition) is 0. The van der Waals surface area contributed by atoms with Crippen molar-refractivity contribution < 1.29 is 23.5 Å². The SMILES string of the molecule is O=C(CCCN1C(=O)c2ccccc2C1=O)Oc1c(-c2ccccc2Cl)oc2ccccc2c1=O. The van der Waals surface area contributed by atoms with Crippen LogP contribution in [0.2, 0.25) is 5.02 Å². The van der Waals surface area contributed by atoms with E-state index in [0.29, 0.717) is 27.3 Å². The highest BCUT2D eigenvalue weighted by Crippen LogP contribution is 2.35. The molecular weight excluding hydrogens is 470 g/mol. The van der Waals surface area contributed by atoms with Gasteiger partial charge in [0, 0.05) is 18.5 Å². The largest absolute Gasteiger partial charge is 0.452 e. The van der Waals surface area contributed by atoms with Crippen LogP contribution in [0.15, 0.2) is 82.0 Å². The Labute approximate surface area is 204 Å². The van der Waals surface area contributed by atoms with Gasteiger partial charge < -0.3 is 9.15 Å². The summed E-state index contributed by atoms with van der Waals surface area (Å²) in [5.41, 5.74) is 0.926. The minimum Gasteiger partial charge on any atom is -0.452 e. The number of amides is 2. The molecule has 3 aromatic carbocycles. The minimum absolute atomic E-state index is 0.0468. The van der Waals surface area contributed by atoms with Crippen molar-refractivity contribution in [2.75, 3.05) is 6.54 Å². The third kappa shape index (κ3) is 4.11. The van der Waals surface area contributed by atoms with Gasteiger partial charge in [0.05, 0.1) is 21.5 Å². The lowest BCUT2D eigenvalue weighted by atomic mass is 10.1. The Morgan fingerprint density at radius 2 is 1.43 bits per heavy atom. The number of nitrogens with zero attached hydrogens (tertiary/aromatic N) is 1. The predicted molar refractivity (Wildman–Crippen MR) is 130 cm³/mol. The number of rotatable bonds is 6. The van der Waals surface area contributed by atoms with Crippen molar-refractivity contribution in [3.63, 3.8) is 0 Å². The average molecular weight is 488 g/mol. The summed E-state index contributed by atoms with van der Waals surface area (Å²) in [5.74, 6) is -1.70. The second-order valence-electron chi connectivity index (χ2n) is 7.95. The fourth-order valence-corrected chi connectivity index (χ4v) is 4.25. The van der Waals surface area contributed by atoms with Gasteiger partial charge in [0.1, 0.15) is 5.58 Å². The molecule has 2 amide bonds. The van der Waals surface area contributed by atoms with E-state index in [2.05, 4.69) is 0 Å². The molecule has 35 heavy (non-hydrogen) atoms. The number of imide groups is 1. The zero-order chi connectivity index (χ0) is 24.5. The molecule has 0 spiro atoms.